The third-order valence-corrected chi connectivity index (χ3v) is 8.79. The van der Waals surface area contributed by atoms with Crippen LogP contribution >= 0.6 is 11.6 Å². The van der Waals surface area contributed by atoms with Crippen LogP contribution in [-0.4, -0.2) is 87.5 Å². The van der Waals surface area contributed by atoms with Crippen molar-refractivity contribution in [2.24, 2.45) is 0 Å². The number of rotatable bonds is 9. The summed E-state index contributed by atoms with van der Waals surface area (Å²) in [6, 6.07) is 6.93. The van der Waals surface area contributed by atoms with Crippen molar-refractivity contribution in [2.45, 2.75) is 37.9 Å². The number of sulfonamides is 1. The van der Waals surface area contributed by atoms with E-state index in [0.29, 0.717) is 42.6 Å². The third kappa shape index (κ3) is 6.20. The molecule has 0 unspecified atom stereocenters. The van der Waals surface area contributed by atoms with E-state index in [1.165, 1.54) is 16.1 Å². The van der Waals surface area contributed by atoms with Gasteiger partial charge in [0.1, 0.15) is 5.69 Å². The van der Waals surface area contributed by atoms with Gasteiger partial charge in [-0.25, -0.2) is 8.42 Å². The van der Waals surface area contributed by atoms with Crippen molar-refractivity contribution in [3.8, 4) is 11.4 Å². The van der Waals surface area contributed by atoms with Crippen LogP contribution in [0.15, 0.2) is 35.3 Å². The molecule has 4 rings (SSSR count). The molecule has 0 amide bonds. The highest BCUT2D eigenvalue weighted by molar-refractivity contribution is 7.89. The summed E-state index contributed by atoms with van der Waals surface area (Å²) in [4.78, 5) is 15.6. The molecule has 1 aromatic carbocycles. The highest BCUT2D eigenvalue weighted by atomic mass is 35.5. The molecular weight excluding hydrogens is 508 g/mol. The molecule has 1 saturated heterocycles. The van der Waals surface area contributed by atoms with Gasteiger partial charge in [0.05, 0.1) is 36.5 Å². The Morgan fingerprint density at radius 3 is 2.39 bits per heavy atom. The van der Waals surface area contributed by atoms with Gasteiger partial charge in [-0.2, -0.15) is 14.1 Å². The molecule has 1 aliphatic heterocycles. The molecule has 10 nitrogen and oxygen atoms in total. The Morgan fingerprint density at radius 2 is 1.75 bits per heavy atom. The fraction of sp³-hybridized carbons (Fsp3) is 0.583. The Kier molecular flexibility index (Phi) is 8.89. The molecule has 0 radical (unpaired) electrons. The molecule has 2 fully saturated rings. The summed E-state index contributed by atoms with van der Waals surface area (Å²) >= 11 is 6.15. The van der Waals surface area contributed by atoms with Gasteiger partial charge in [0.25, 0.3) is 0 Å². The minimum Gasteiger partial charge on any atom is -0.483 e. The predicted molar refractivity (Wildman–Crippen MR) is 138 cm³/mol. The second-order valence-electron chi connectivity index (χ2n) is 9.00. The number of aromatic nitrogens is 2. The standard InChI is InChI=1S/C24H33ClN4O6S/c1-33-14-15-36(31,32)28-12-10-27(11-13-28)22-17-26-29(19-5-3-4-18(25)16-19)24(30)23(22)35-21-8-6-20(34-2)7-9-21/h3-5,16-17,20-21H,6-15H2,1-2H3. The number of hydrogen-bond donors (Lipinski definition) is 0. The lowest BCUT2D eigenvalue weighted by atomic mass is 9.95. The number of nitrogens with zero attached hydrogens (tertiary/aromatic N) is 4. The molecule has 0 N–H and O–H groups in total. The van der Waals surface area contributed by atoms with Gasteiger partial charge >= 0.3 is 5.56 Å². The van der Waals surface area contributed by atoms with E-state index in [9.17, 15) is 13.2 Å². The average molecular weight is 541 g/mol. The minimum absolute atomic E-state index is 0.0563. The first-order chi connectivity index (χ1) is 17.3. The summed E-state index contributed by atoms with van der Waals surface area (Å²) in [7, 11) is -0.207. The van der Waals surface area contributed by atoms with Crippen LogP contribution in [0.3, 0.4) is 0 Å². The van der Waals surface area contributed by atoms with Gasteiger partial charge in [0.15, 0.2) is 0 Å². The van der Waals surface area contributed by atoms with Crippen molar-refractivity contribution in [2.75, 3.05) is 57.7 Å². The zero-order valence-electron chi connectivity index (χ0n) is 20.6. The molecule has 2 aromatic rings. The average Bonchev–Trinajstić information content (AvgIpc) is 2.89. The van der Waals surface area contributed by atoms with Crippen LogP contribution in [0.4, 0.5) is 5.69 Å². The lowest BCUT2D eigenvalue weighted by Crippen LogP contribution is -2.50. The maximum absolute atomic E-state index is 13.6. The molecule has 1 saturated carbocycles. The van der Waals surface area contributed by atoms with Crippen molar-refractivity contribution in [3.63, 3.8) is 0 Å². The lowest BCUT2D eigenvalue weighted by Gasteiger charge is -2.36. The summed E-state index contributed by atoms with van der Waals surface area (Å²) in [6.07, 6.45) is 4.99. The SMILES string of the molecule is COCCS(=O)(=O)N1CCN(c2cnn(-c3cccc(Cl)c3)c(=O)c2OC2CCC(OC)CC2)CC1. The second kappa shape index (κ2) is 11.9. The Balaban J connectivity index is 1.60. The molecule has 1 aliphatic carbocycles. The number of piperazine rings is 1. The van der Waals surface area contributed by atoms with Gasteiger partial charge < -0.3 is 19.1 Å². The third-order valence-electron chi connectivity index (χ3n) is 6.72. The quantitative estimate of drug-likeness (QED) is 0.477. The number of methoxy groups -OCH3 is 2. The molecule has 0 spiro atoms. The molecular formula is C24H33ClN4O6S. The van der Waals surface area contributed by atoms with Crippen molar-refractivity contribution < 1.29 is 22.6 Å². The number of hydrogen-bond acceptors (Lipinski definition) is 8. The Hall–Kier alpha value is -2.18. The highest BCUT2D eigenvalue weighted by Crippen LogP contribution is 2.30. The molecule has 2 aliphatic rings. The van der Waals surface area contributed by atoms with Gasteiger partial charge in [0.2, 0.25) is 15.8 Å². The maximum atomic E-state index is 13.6. The van der Waals surface area contributed by atoms with Crippen LogP contribution in [0.5, 0.6) is 5.75 Å². The van der Waals surface area contributed by atoms with E-state index in [1.807, 2.05) is 4.90 Å². The largest absolute Gasteiger partial charge is 0.483 e. The Morgan fingerprint density at radius 1 is 1.06 bits per heavy atom. The van der Waals surface area contributed by atoms with Crippen LogP contribution in [0.25, 0.3) is 5.69 Å². The molecule has 0 bridgehead atoms. The van der Waals surface area contributed by atoms with E-state index in [1.54, 1.807) is 37.6 Å². The monoisotopic (exact) mass is 540 g/mol. The summed E-state index contributed by atoms with van der Waals surface area (Å²) in [6.45, 7) is 1.60. The van der Waals surface area contributed by atoms with Gasteiger partial charge in [-0.15, -0.1) is 0 Å². The van der Waals surface area contributed by atoms with Crippen LogP contribution in [-0.2, 0) is 19.5 Å². The number of benzene rings is 1. The van der Waals surface area contributed by atoms with E-state index >= 15 is 0 Å². The van der Waals surface area contributed by atoms with Gasteiger partial charge in [-0.05, 0) is 43.9 Å². The second-order valence-corrected chi connectivity index (χ2v) is 11.5. The first-order valence-electron chi connectivity index (χ1n) is 12.1. The van der Waals surface area contributed by atoms with Crippen molar-refractivity contribution in [1.29, 1.82) is 0 Å². The smallest absolute Gasteiger partial charge is 0.316 e. The van der Waals surface area contributed by atoms with Gasteiger partial charge in [-0.3, -0.25) is 4.79 Å². The molecule has 198 valence electrons. The van der Waals surface area contributed by atoms with Crippen LogP contribution in [0.2, 0.25) is 5.02 Å². The summed E-state index contributed by atoms with van der Waals surface area (Å²) in [5, 5.41) is 4.90. The topological polar surface area (TPSA) is 103 Å². The fourth-order valence-corrected chi connectivity index (χ4v) is 6.17. The maximum Gasteiger partial charge on any atom is 0.316 e. The van der Waals surface area contributed by atoms with Gasteiger partial charge in [0, 0.05) is 45.4 Å². The van der Waals surface area contributed by atoms with E-state index in [2.05, 4.69) is 5.10 Å². The number of ether oxygens (including phenoxy) is 3. The molecule has 36 heavy (non-hydrogen) atoms. The summed E-state index contributed by atoms with van der Waals surface area (Å²) in [5.41, 5.74) is 0.737. The Labute approximate surface area is 216 Å². The fourth-order valence-electron chi connectivity index (χ4n) is 4.63. The van der Waals surface area contributed by atoms with Crippen molar-refractivity contribution in [3.05, 3.63) is 45.8 Å². The van der Waals surface area contributed by atoms with E-state index in [4.69, 9.17) is 25.8 Å². The number of halogens is 1. The normalized spacial score (nSPS) is 21.5. The number of anilines is 1. The molecule has 2 heterocycles. The summed E-state index contributed by atoms with van der Waals surface area (Å²) < 4.78 is 44.6. The lowest BCUT2D eigenvalue weighted by molar-refractivity contribution is 0.0323. The van der Waals surface area contributed by atoms with Crippen LogP contribution in [0.1, 0.15) is 25.7 Å². The van der Waals surface area contributed by atoms with Crippen molar-refractivity contribution in [1.82, 2.24) is 14.1 Å². The van der Waals surface area contributed by atoms with E-state index in [0.717, 1.165) is 25.7 Å². The van der Waals surface area contributed by atoms with Crippen LogP contribution in [0, 0.1) is 0 Å². The first kappa shape index (κ1) is 26.9. The summed E-state index contributed by atoms with van der Waals surface area (Å²) in [5.74, 6) is 0.167. The molecule has 0 atom stereocenters. The molecule has 1 aromatic heterocycles. The minimum atomic E-state index is -3.40. The van der Waals surface area contributed by atoms with E-state index < -0.39 is 10.0 Å². The Bertz CT molecular complexity index is 1190. The predicted octanol–water partition coefficient (Wildman–Crippen LogP) is 2.32. The van der Waals surface area contributed by atoms with Crippen LogP contribution < -0.4 is 15.2 Å². The van der Waals surface area contributed by atoms with Gasteiger partial charge in [-0.1, -0.05) is 17.7 Å². The zero-order valence-corrected chi connectivity index (χ0v) is 22.2. The highest BCUT2D eigenvalue weighted by Gasteiger charge is 2.31. The molecule has 12 heteroatoms. The van der Waals surface area contributed by atoms with E-state index in [-0.39, 0.29) is 35.9 Å². The first-order valence-corrected chi connectivity index (χ1v) is 14.1. The van der Waals surface area contributed by atoms with Crippen molar-refractivity contribution >= 4 is 27.3 Å². The zero-order chi connectivity index (χ0) is 25.7.